The molecule has 14 atom stereocenters. The molecule has 11 amide bonds. The number of fused-ring (bicyclic) bond motifs is 7. The van der Waals surface area contributed by atoms with Crippen LogP contribution in [0.15, 0.2) is 105 Å². The van der Waals surface area contributed by atoms with E-state index in [0.717, 1.165) is 45.3 Å². The number of hydrogen-bond acceptors (Lipinski definition) is 31. The number of primary amides is 1. The monoisotopic (exact) mass is 1640 g/mol. The summed E-state index contributed by atoms with van der Waals surface area (Å²) in [6, 6.07) is -8.41. The minimum atomic E-state index is -1.71. The fourth-order valence-electron chi connectivity index (χ4n) is 11.2. The number of ether oxygens (including phenoxy) is 1. The summed E-state index contributed by atoms with van der Waals surface area (Å²) in [5.74, 6) is -10.9. The maximum absolute atomic E-state index is 14.8. The van der Waals surface area contributed by atoms with Gasteiger partial charge in [-0.1, -0.05) is 51.5 Å². The molecule has 18 N–H and O–H groups in total. The van der Waals surface area contributed by atoms with Gasteiger partial charge < -0.3 is 89.2 Å². The first kappa shape index (κ1) is 85.2. The second-order valence-corrected chi connectivity index (χ2v) is 30.5. The lowest BCUT2D eigenvalue weighted by Crippen LogP contribution is -2.52. The zero-order valence-electron chi connectivity index (χ0n) is 61.1. The Morgan fingerprint density at radius 2 is 1.42 bits per heavy atom. The number of thioether (sulfide) groups is 1. The number of aromatic nitrogens is 5. The molecule has 0 saturated carbocycles. The Morgan fingerprint density at radius 3 is 2.11 bits per heavy atom. The second kappa shape index (κ2) is 37.5. The third-order valence-electron chi connectivity index (χ3n) is 17.5. The Labute approximate surface area is 659 Å². The van der Waals surface area contributed by atoms with Crippen molar-refractivity contribution in [3.8, 4) is 0 Å². The van der Waals surface area contributed by atoms with Gasteiger partial charge in [-0.2, -0.15) is 0 Å². The number of amides is 11. The third kappa shape index (κ3) is 21.0. The quantitative estimate of drug-likeness (QED) is 0.0583. The van der Waals surface area contributed by atoms with Crippen molar-refractivity contribution < 1.29 is 87.8 Å². The van der Waals surface area contributed by atoms with Crippen LogP contribution in [-0.2, 0) is 43.1 Å². The lowest BCUT2D eigenvalue weighted by molar-refractivity contribution is -0.126. The van der Waals surface area contributed by atoms with Gasteiger partial charge in [0.2, 0.25) is 23.6 Å². The van der Waals surface area contributed by atoms with E-state index in [9.17, 15) is 83.1 Å². The van der Waals surface area contributed by atoms with Crippen LogP contribution in [0, 0.1) is 0 Å². The van der Waals surface area contributed by atoms with Crippen molar-refractivity contribution in [3.63, 3.8) is 0 Å². The molecule has 42 heteroatoms. The van der Waals surface area contributed by atoms with E-state index in [-0.39, 0.29) is 73.3 Å². The molecule has 5 aromatic heterocycles. The highest BCUT2D eigenvalue weighted by molar-refractivity contribution is 8.14. The largest absolute Gasteiger partial charge is 0.455 e. The second-order valence-electron chi connectivity index (χ2n) is 25.9. The van der Waals surface area contributed by atoms with E-state index in [4.69, 9.17) is 20.4 Å². The number of aliphatic hydroxyl groups is 5. The van der Waals surface area contributed by atoms with E-state index in [2.05, 4.69) is 110 Å². The number of aliphatic imine (C=N–C) groups is 2. The molecule has 9 rings (SSSR count). The normalized spacial score (nSPS) is 24.5. The smallest absolute Gasteiger partial charge is 0.357 e. The molecule has 0 radical (unpaired) electrons. The van der Waals surface area contributed by atoms with Gasteiger partial charge in [-0.25, -0.2) is 29.7 Å². The van der Waals surface area contributed by atoms with Gasteiger partial charge in [0, 0.05) is 45.0 Å². The molecule has 9 bridgehead atoms. The molecule has 112 heavy (non-hydrogen) atoms. The molecule has 1 aliphatic carbocycles. The van der Waals surface area contributed by atoms with Gasteiger partial charge in [0.05, 0.1) is 81.4 Å². The number of nitrogens with zero attached hydrogens (tertiary/aromatic N) is 7. The summed E-state index contributed by atoms with van der Waals surface area (Å²) >= 11 is 4.99. The summed E-state index contributed by atoms with van der Waals surface area (Å²) in [6.07, 6.45) is -2.91. The maximum atomic E-state index is 14.8. The number of hydrogen-bond donors (Lipinski definition) is 17. The predicted molar refractivity (Wildman–Crippen MR) is 412 cm³/mol. The van der Waals surface area contributed by atoms with E-state index in [0.29, 0.717) is 40.7 Å². The number of aliphatic hydroxyl groups excluding tert-OH is 5. The number of esters is 1. The van der Waals surface area contributed by atoms with E-state index >= 15 is 0 Å². The zero-order valence-corrected chi connectivity index (χ0v) is 65.1. The molecule has 0 fully saturated rings. The highest BCUT2D eigenvalue weighted by Gasteiger charge is 2.39. The molecule has 37 nitrogen and oxygen atoms in total. The Morgan fingerprint density at radius 1 is 0.723 bits per heavy atom. The molecular weight excluding hydrogens is 1560 g/mol. The Hall–Kier alpha value is -10.8. The van der Waals surface area contributed by atoms with Crippen molar-refractivity contribution in [2.24, 2.45) is 15.7 Å². The molecule has 594 valence electrons. The number of pyridine rings is 1. The Bertz CT molecular complexity index is 4750. The lowest BCUT2D eigenvalue weighted by atomic mass is 9.90. The first-order chi connectivity index (χ1) is 53.0. The van der Waals surface area contributed by atoms with Crippen LogP contribution in [0.1, 0.15) is 190 Å². The SMILES string of the molecule is C=C(NC(=O)C(=C)NC(=O)c1csc(C2=NC(c3csc(C4NC(=O)c5csc(n5)C(C(O)C(C)O)NC(=O)C5CSC(=N5)C/C(=C/C)NC(=O)C(C(C)O)NC(=O)c5csc(n5)NC(=O)C(C)NC(=O)C(=C)NC(=O)C(=C)NC(=O)C(CC)NC5C=Cc6c(C(C)O)cc(nc6C5O)C(=O)OC4C)n3)CCC2)n1)C(N)=O. The number of nitrogens with two attached hydrogens (primary N) is 1. The lowest BCUT2D eigenvalue weighted by Gasteiger charge is -2.31. The first-order valence-corrected chi connectivity index (χ1v) is 39.0. The number of anilines is 1. The van der Waals surface area contributed by atoms with E-state index in [1.807, 2.05) is 0 Å². The summed E-state index contributed by atoms with van der Waals surface area (Å²) < 4.78 is 6.13. The van der Waals surface area contributed by atoms with Gasteiger partial charge in [-0.3, -0.25) is 68.0 Å². The van der Waals surface area contributed by atoms with E-state index < -0.39 is 184 Å². The zero-order chi connectivity index (χ0) is 81.9. The molecule has 0 saturated heterocycles. The van der Waals surface area contributed by atoms with E-state index in [1.54, 1.807) is 19.2 Å². The van der Waals surface area contributed by atoms with Gasteiger partial charge in [-0.15, -0.1) is 57.1 Å². The van der Waals surface area contributed by atoms with Crippen LogP contribution in [0.3, 0.4) is 0 Å². The van der Waals surface area contributed by atoms with Crippen LogP contribution in [0.2, 0.25) is 0 Å². The molecule has 14 unspecified atom stereocenters. The van der Waals surface area contributed by atoms with Crippen molar-refractivity contribution >= 4 is 150 Å². The highest BCUT2D eigenvalue weighted by atomic mass is 32.2. The topological polar surface area (TPSA) is 563 Å². The summed E-state index contributed by atoms with van der Waals surface area (Å²) in [7, 11) is 0. The number of nitrogens with one attached hydrogen (secondary N) is 11. The summed E-state index contributed by atoms with van der Waals surface area (Å²) in [6.45, 7) is 24.0. The van der Waals surface area contributed by atoms with Gasteiger partial charge in [0.25, 0.3) is 41.4 Å². The molecule has 5 aromatic rings. The molecule has 8 heterocycles. The van der Waals surface area contributed by atoms with Gasteiger partial charge in [0.15, 0.2) is 5.13 Å². The predicted octanol–water partition coefficient (Wildman–Crippen LogP) is 1.27. The van der Waals surface area contributed by atoms with Crippen LogP contribution in [0.25, 0.3) is 6.08 Å². The van der Waals surface area contributed by atoms with Crippen molar-refractivity contribution in [3.05, 3.63) is 155 Å². The maximum Gasteiger partial charge on any atom is 0.357 e. The molecule has 4 aliphatic rings. The summed E-state index contributed by atoms with van der Waals surface area (Å²) in [5, 5.41) is 90.3. The van der Waals surface area contributed by atoms with Gasteiger partial charge >= 0.3 is 5.97 Å². The number of cyclic esters (lactones) is 1. The molecular formula is C70H81N19O18S5. The van der Waals surface area contributed by atoms with Crippen molar-refractivity contribution in [2.75, 3.05) is 11.1 Å². The fourth-order valence-corrected chi connectivity index (χ4v) is 15.6. The van der Waals surface area contributed by atoms with Crippen LogP contribution < -0.4 is 64.2 Å². The number of rotatable bonds is 13. The standard InChI is InChI=1S/C70H81N19O18S5/c1-12-35-19-48-80-44(22-108-48)62(102)88-52(53(93)33(10)92)68-84-46(24-111-68)63(103)87-50(67-82-43(21-110-67)39-15-14-16-41(79-39)66-83-45(23-109-66)61(101)76-28(5)56(96)72-26(3)55(71)95)34(11)107-69(106)42-20-37(31(8)90)36-17-18-40(54(94)51(36)81-42)78-38(13-2)60(100)75-29(6)58(98)73-27(4)57(97)74-30(7)59(99)89-70-85-47(25-112-70)64(104)86-49(32(9)91)65(105)77-35/h12,17-18,20-21,23-25,30-34,38-40,44,49-50,52-54,78,90-94H,3-6,13-16,19,22H2,1-2,7-11H3,(H2,71,95)(H,72,96)(H,73,98)(H,74,97)(H,75,100)(H,76,101)(H,77,105)(H,86,104)(H,87,103)(H,88,102)(H,85,89,99)/b35-12-. The first-order valence-electron chi connectivity index (χ1n) is 34.5. The minimum absolute atomic E-state index is 0.0373. The van der Waals surface area contributed by atoms with Crippen LogP contribution >= 0.6 is 57.1 Å². The number of carbonyl (C=O) groups excluding carboxylic acids is 12. The number of allylic oxidation sites excluding steroid dienone is 2. The third-order valence-corrected chi connectivity index (χ3v) is 22.0. The molecule has 0 aromatic carbocycles. The van der Waals surface area contributed by atoms with Crippen LogP contribution in [0.5, 0.6) is 0 Å². The van der Waals surface area contributed by atoms with Crippen molar-refractivity contribution in [1.82, 2.24) is 78.1 Å². The number of thiazole rings is 4. The van der Waals surface area contributed by atoms with Crippen LogP contribution in [-0.4, -0.2) is 193 Å². The molecule has 0 spiro atoms. The van der Waals surface area contributed by atoms with Crippen molar-refractivity contribution in [2.45, 2.75) is 166 Å². The average Bonchev–Trinajstić information content (AvgIpc) is 1.14. The Balaban J connectivity index is 1.01. The highest BCUT2D eigenvalue weighted by Crippen LogP contribution is 2.37. The van der Waals surface area contributed by atoms with Crippen molar-refractivity contribution in [1.29, 1.82) is 0 Å². The Kier molecular flexibility index (Phi) is 28.5. The number of carbonyl (C=O) groups is 12. The molecule has 3 aliphatic heterocycles. The van der Waals surface area contributed by atoms with Gasteiger partial charge in [-0.05, 0) is 78.9 Å². The fraction of sp³-hybridized carbons (Fsp3) is 0.386. The van der Waals surface area contributed by atoms with Gasteiger partial charge in [0.1, 0.15) is 86.3 Å². The van der Waals surface area contributed by atoms with E-state index in [1.165, 1.54) is 86.8 Å². The minimum Gasteiger partial charge on any atom is -0.455 e. The average molecular weight is 1640 g/mol. The summed E-state index contributed by atoms with van der Waals surface area (Å²) in [5.41, 5.74) is 3.56. The summed E-state index contributed by atoms with van der Waals surface area (Å²) in [4.78, 5) is 194. The van der Waals surface area contributed by atoms with Crippen LogP contribution in [0.4, 0.5) is 5.13 Å².